The molecule has 0 bridgehead atoms. The van der Waals surface area contributed by atoms with E-state index in [0.717, 1.165) is 6.07 Å². The number of nitrogens with one attached hydrogen (secondary N) is 2. The average Bonchev–Trinajstić information content (AvgIpc) is 2.51. The molecular weight excluding hydrogens is 325 g/mol. The van der Waals surface area contributed by atoms with Crippen molar-refractivity contribution in [1.29, 1.82) is 5.26 Å². The van der Waals surface area contributed by atoms with Crippen molar-refractivity contribution in [3.63, 3.8) is 0 Å². The maximum absolute atomic E-state index is 14.3. The number of hydrogen-bond donors (Lipinski definition) is 3. The van der Waals surface area contributed by atoms with Crippen LogP contribution >= 0.6 is 0 Å². The van der Waals surface area contributed by atoms with E-state index in [2.05, 4.69) is 10.6 Å². The van der Waals surface area contributed by atoms with E-state index in [1.165, 1.54) is 6.07 Å². The van der Waals surface area contributed by atoms with Gasteiger partial charge in [-0.1, -0.05) is 13.8 Å². The van der Waals surface area contributed by atoms with Crippen LogP contribution in [0.4, 0.5) is 14.9 Å². The summed E-state index contributed by atoms with van der Waals surface area (Å²) in [7, 11) is 0. The Bertz CT molecular complexity index is 648. The first-order valence-corrected chi connectivity index (χ1v) is 8.14. The summed E-state index contributed by atoms with van der Waals surface area (Å²) < 4.78 is 19.3. The highest BCUT2D eigenvalue weighted by Crippen LogP contribution is 2.25. The van der Waals surface area contributed by atoms with Crippen molar-refractivity contribution in [1.82, 2.24) is 5.32 Å². The van der Waals surface area contributed by atoms with Gasteiger partial charge in [-0.25, -0.2) is 9.18 Å². The molecule has 0 saturated heterocycles. The van der Waals surface area contributed by atoms with E-state index in [0.29, 0.717) is 0 Å². The number of hydrogen-bond acceptors (Lipinski definition) is 5. The Morgan fingerprint density at radius 2 is 2.04 bits per heavy atom. The van der Waals surface area contributed by atoms with Crippen molar-refractivity contribution >= 4 is 11.8 Å². The Hall–Kier alpha value is -2.17. The molecule has 1 rings (SSSR count). The molecule has 1 aromatic rings. The number of benzene rings is 1. The van der Waals surface area contributed by atoms with E-state index in [9.17, 15) is 19.6 Å². The summed E-state index contributed by atoms with van der Waals surface area (Å²) in [5, 5.41) is 24.8. The summed E-state index contributed by atoms with van der Waals surface area (Å²) in [5.74, 6) is -0.663. The van der Waals surface area contributed by atoms with Gasteiger partial charge in [-0.05, 0) is 44.4 Å². The monoisotopic (exact) mass is 351 g/mol. The van der Waals surface area contributed by atoms with Crippen molar-refractivity contribution in [3.05, 3.63) is 29.1 Å². The molecule has 0 aliphatic heterocycles. The summed E-state index contributed by atoms with van der Waals surface area (Å²) in [6, 6.07) is 4.29. The molecule has 1 amide bonds. The van der Waals surface area contributed by atoms with Gasteiger partial charge in [0.15, 0.2) is 0 Å². The van der Waals surface area contributed by atoms with Gasteiger partial charge < -0.3 is 15.2 Å². The zero-order valence-corrected chi connectivity index (χ0v) is 15.3. The van der Waals surface area contributed by atoms with Crippen LogP contribution in [0.25, 0.3) is 0 Å². The first kappa shape index (κ1) is 20.9. The predicted octanol–water partition coefficient (Wildman–Crippen LogP) is 3.32. The van der Waals surface area contributed by atoms with E-state index in [1.54, 1.807) is 0 Å². The molecule has 0 fully saturated rings. The van der Waals surface area contributed by atoms with Crippen molar-refractivity contribution in [2.24, 2.45) is 5.92 Å². The summed E-state index contributed by atoms with van der Waals surface area (Å²) in [4.78, 5) is 11.7. The van der Waals surface area contributed by atoms with Gasteiger partial charge in [0.2, 0.25) is 0 Å². The molecule has 0 aliphatic rings. The first-order chi connectivity index (χ1) is 11.5. The fourth-order valence-electron chi connectivity index (χ4n) is 1.94. The Labute approximate surface area is 148 Å². The molecule has 0 radical (unpaired) electrons. The number of halogens is 1. The summed E-state index contributed by atoms with van der Waals surface area (Å²) in [6.07, 6.45) is -1.81. The Kier molecular flexibility index (Phi) is 7.34. The third-order valence-electron chi connectivity index (χ3n) is 3.22. The number of nitrogens with zero attached hydrogens (tertiary/aromatic N) is 1. The minimum absolute atomic E-state index is 0.0775. The lowest BCUT2D eigenvalue weighted by Crippen LogP contribution is -2.38. The summed E-state index contributed by atoms with van der Waals surface area (Å²) in [5.41, 5.74) is -0.284. The number of ether oxygens (including phenoxy) is 1. The smallest absolute Gasteiger partial charge is 0.411 e. The second kappa shape index (κ2) is 8.79. The molecule has 0 aromatic heterocycles. The second-order valence-corrected chi connectivity index (χ2v) is 7.30. The van der Waals surface area contributed by atoms with Gasteiger partial charge in [0.1, 0.15) is 11.9 Å². The minimum Gasteiger partial charge on any atom is -0.449 e. The maximum atomic E-state index is 14.3. The van der Waals surface area contributed by atoms with E-state index in [1.807, 2.05) is 40.7 Å². The van der Waals surface area contributed by atoms with E-state index in [4.69, 9.17) is 4.74 Å². The van der Waals surface area contributed by atoms with Crippen molar-refractivity contribution in [3.8, 4) is 6.07 Å². The van der Waals surface area contributed by atoms with Crippen LogP contribution in [0.2, 0.25) is 0 Å². The Balaban J connectivity index is 2.93. The van der Waals surface area contributed by atoms with Crippen molar-refractivity contribution < 1.29 is 19.0 Å². The molecule has 6 nitrogen and oxygen atoms in total. The van der Waals surface area contributed by atoms with Crippen LogP contribution < -0.4 is 10.6 Å². The van der Waals surface area contributed by atoms with Gasteiger partial charge in [-0.3, -0.25) is 5.32 Å². The van der Waals surface area contributed by atoms with Crippen LogP contribution in [-0.4, -0.2) is 29.9 Å². The normalized spacial score (nSPS) is 12.6. The van der Waals surface area contributed by atoms with Crippen LogP contribution in [0.15, 0.2) is 12.1 Å². The topological polar surface area (TPSA) is 94.4 Å². The third-order valence-corrected chi connectivity index (χ3v) is 3.22. The molecule has 7 heteroatoms. The zero-order valence-electron chi connectivity index (χ0n) is 15.3. The Morgan fingerprint density at radius 3 is 2.56 bits per heavy atom. The molecule has 0 heterocycles. The number of anilines is 1. The number of amides is 1. The van der Waals surface area contributed by atoms with Crippen LogP contribution in [0.3, 0.4) is 0 Å². The largest absolute Gasteiger partial charge is 0.449 e. The molecule has 1 unspecified atom stereocenters. The van der Waals surface area contributed by atoms with Gasteiger partial charge in [-0.15, -0.1) is 0 Å². The number of rotatable bonds is 6. The molecule has 0 spiro atoms. The lowest BCUT2D eigenvalue weighted by Gasteiger charge is -2.23. The number of aliphatic hydroxyl groups excluding tert-OH is 1. The molecule has 25 heavy (non-hydrogen) atoms. The van der Waals surface area contributed by atoms with E-state index in [-0.39, 0.29) is 41.4 Å². The molecular formula is C18H26FN3O3. The van der Waals surface area contributed by atoms with Gasteiger partial charge in [-0.2, -0.15) is 5.26 Å². The average molecular weight is 351 g/mol. The fourth-order valence-corrected chi connectivity index (χ4v) is 1.94. The van der Waals surface area contributed by atoms with Crippen molar-refractivity contribution in [2.45, 2.75) is 46.3 Å². The molecule has 1 atom stereocenters. The van der Waals surface area contributed by atoms with Crippen LogP contribution in [-0.2, 0) is 4.74 Å². The summed E-state index contributed by atoms with van der Waals surface area (Å²) >= 11 is 0. The minimum atomic E-state index is -0.984. The molecule has 138 valence electrons. The van der Waals surface area contributed by atoms with Gasteiger partial charge in [0.25, 0.3) is 0 Å². The van der Waals surface area contributed by atoms with E-state index < -0.39 is 18.0 Å². The SMILES string of the molecule is CC(C)COC(=O)Nc1c(F)cc(C(O)CNC(C)(C)C)cc1C#N. The molecule has 3 N–H and O–H groups in total. The van der Waals surface area contributed by atoms with Crippen LogP contribution in [0, 0.1) is 23.1 Å². The highest BCUT2D eigenvalue weighted by molar-refractivity contribution is 5.86. The fraction of sp³-hybridized carbons (Fsp3) is 0.556. The maximum Gasteiger partial charge on any atom is 0.411 e. The highest BCUT2D eigenvalue weighted by Gasteiger charge is 2.19. The molecule has 0 aliphatic carbocycles. The van der Waals surface area contributed by atoms with Gasteiger partial charge in [0.05, 0.1) is 24.0 Å². The lowest BCUT2D eigenvalue weighted by molar-refractivity contribution is 0.147. The summed E-state index contributed by atoms with van der Waals surface area (Å²) in [6.45, 7) is 9.96. The third kappa shape index (κ3) is 7.08. The molecule has 1 aromatic carbocycles. The number of carbonyl (C=O) groups is 1. The van der Waals surface area contributed by atoms with Crippen LogP contribution in [0.1, 0.15) is 51.8 Å². The van der Waals surface area contributed by atoms with E-state index >= 15 is 0 Å². The number of aliphatic hydroxyl groups is 1. The Morgan fingerprint density at radius 1 is 1.40 bits per heavy atom. The molecule has 0 saturated carbocycles. The van der Waals surface area contributed by atoms with Gasteiger partial charge >= 0.3 is 6.09 Å². The zero-order chi connectivity index (χ0) is 19.2. The van der Waals surface area contributed by atoms with Crippen LogP contribution in [0.5, 0.6) is 0 Å². The quantitative estimate of drug-likeness (QED) is 0.731. The highest BCUT2D eigenvalue weighted by atomic mass is 19.1. The standard InChI is InChI=1S/C18H26FN3O3/c1-11(2)10-25-17(24)22-16-13(8-20)6-12(7-14(16)19)15(23)9-21-18(3,4)5/h6-7,11,15,21,23H,9-10H2,1-5H3,(H,22,24). The number of carbonyl (C=O) groups excluding carboxylic acids is 1. The second-order valence-electron chi connectivity index (χ2n) is 7.30. The van der Waals surface area contributed by atoms with Crippen molar-refractivity contribution in [2.75, 3.05) is 18.5 Å². The lowest BCUT2D eigenvalue weighted by atomic mass is 10.0. The van der Waals surface area contributed by atoms with Gasteiger partial charge in [0, 0.05) is 12.1 Å². The number of β-amino-alcohol motifs (C(OH)–C–C–N with tert-alkyl or cyclic N) is 1. The number of nitriles is 1. The predicted molar refractivity (Wildman–Crippen MR) is 93.6 cm³/mol. The first-order valence-electron chi connectivity index (χ1n) is 8.14.